The molecule has 0 amide bonds. The average Bonchev–Trinajstić information content (AvgIpc) is 2.41. The van der Waals surface area contributed by atoms with Crippen LogP contribution in [0.2, 0.25) is 0 Å². The molecule has 4 nitrogen and oxygen atoms in total. The molecule has 0 spiro atoms. The minimum absolute atomic E-state index is 0.249. The van der Waals surface area contributed by atoms with Crippen LogP contribution in [0.15, 0.2) is 36.5 Å². The first kappa shape index (κ1) is 13.4. The van der Waals surface area contributed by atoms with Crippen LogP contribution in [0.25, 0.3) is 0 Å². The summed E-state index contributed by atoms with van der Waals surface area (Å²) in [7, 11) is 0. The molecule has 19 heavy (non-hydrogen) atoms. The van der Waals surface area contributed by atoms with E-state index in [0.29, 0.717) is 12.4 Å². The Morgan fingerprint density at radius 3 is 2.58 bits per heavy atom. The lowest BCUT2D eigenvalue weighted by atomic mass is 10.2. The van der Waals surface area contributed by atoms with Gasteiger partial charge >= 0.3 is 0 Å². The Bertz CT molecular complexity index is 527. The predicted octanol–water partition coefficient (Wildman–Crippen LogP) is 2.41. The average molecular weight is 260 g/mol. The van der Waals surface area contributed by atoms with Crippen LogP contribution >= 0.6 is 0 Å². The first-order valence-corrected chi connectivity index (χ1v) is 6.23. The molecule has 2 aromatic rings. The number of halogens is 1. The van der Waals surface area contributed by atoms with Crippen LogP contribution in [0, 0.1) is 12.7 Å². The van der Waals surface area contributed by atoms with E-state index >= 15 is 0 Å². The van der Waals surface area contributed by atoms with Gasteiger partial charge in [0.1, 0.15) is 17.5 Å². The van der Waals surface area contributed by atoms with Crippen LogP contribution in [0.1, 0.15) is 12.2 Å². The third kappa shape index (κ3) is 3.48. The Labute approximate surface area is 112 Å². The van der Waals surface area contributed by atoms with Crippen LogP contribution in [-0.4, -0.2) is 23.1 Å². The maximum atomic E-state index is 13.0. The van der Waals surface area contributed by atoms with Gasteiger partial charge in [0.25, 0.3) is 0 Å². The molecule has 2 rings (SSSR count). The van der Waals surface area contributed by atoms with Crippen molar-refractivity contribution in [2.45, 2.75) is 13.3 Å². The van der Waals surface area contributed by atoms with E-state index in [4.69, 9.17) is 5.73 Å². The molecule has 1 heterocycles. The molecule has 0 aliphatic carbocycles. The fraction of sp³-hybridized carbons (Fsp3) is 0.286. The fourth-order valence-electron chi connectivity index (χ4n) is 1.84. The molecule has 0 unspecified atom stereocenters. The first-order valence-electron chi connectivity index (χ1n) is 6.23. The number of aryl methyl sites for hydroxylation is 1. The predicted molar refractivity (Wildman–Crippen MR) is 73.8 cm³/mol. The normalized spacial score (nSPS) is 10.5. The van der Waals surface area contributed by atoms with E-state index in [9.17, 15) is 4.39 Å². The molecular formula is C14H17FN4. The molecular weight excluding hydrogens is 243 g/mol. The summed E-state index contributed by atoms with van der Waals surface area (Å²) in [5, 5.41) is 0. The zero-order chi connectivity index (χ0) is 13.7. The third-order valence-electron chi connectivity index (χ3n) is 2.76. The van der Waals surface area contributed by atoms with Gasteiger partial charge in [0.15, 0.2) is 0 Å². The molecule has 0 radical (unpaired) electrons. The summed E-state index contributed by atoms with van der Waals surface area (Å²) in [6, 6.07) is 8.21. The summed E-state index contributed by atoms with van der Waals surface area (Å²) in [5.41, 5.74) is 6.46. The van der Waals surface area contributed by atoms with Gasteiger partial charge in [0.05, 0.1) is 0 Å². The molecule has 1 aromatic carbocycles. The molecule has 2 N–H and O–H groups in total. The van der Waals surface area contributed by atoms with Gasteiger partial charge in [-0.3, -0.25) is 0 Å². The quantitative estimate of drug-likeness (QED) is 0.897. The minimum Gasteiger partial charge on any atom is -0.330 e. The Hall–Kier alpha value is -2.01. The van der Waals surface area contributed by atoms with E-state index in [0.717, 1.165) is 24.5 Å². The summed E-state index contributed by atoms with van der Waals surface area (Å²) in [4.78, 5) is 10.5. The molecule has 1 aromatic heterocycles. The van der Waals surface area contributed by atoms with E-state index in [2.05, 4.69) is 9.97 Å². The standard InChI is InChI=1S/C14H17FN4/c1-11-17-9-7-14(18-11)19(10-2-8-16)13-5-3-12(15)4-6-13/h3-7,9H,2,8,10,16H2,1H3. The lowest BCUT2D eigenvalue weighted by Gasteiger charge is -2.23. The first-order chi connectivity index (χ1) is 9.20. The monoisotopic (exact) mass is 260 g/mol. The minimum atomic E-state index is -0.249. The van der Waals surface area contributed by atoms with E-state index in [-0.39, 0.29) is 5.82 Å². The van der Waals surface area contributed by atoms with Gasteiger partial charge in [-0.15, -0.1) is 0 Å². The smallest absolute Gasteiger partial charge is 0.136 e. The highest BCUT2D eigenvalue weighted by Gasteiger charge is 2.10. The van der Waals surface area contributed by atoms with E-state index < -0.39 is 0 Å². The van der Waals surface area contributed by atoms with Crippen molar-refractivity contribution in [2.75, 3.05) is 18.0 Å². The second-order valence-electron chi connectivity index (χ2n) is 4.23. The molecule has 100 valence electrons. The zero-order valence-corrected chi connectivity index (χ0v) is 10.9. The molecule has 0 saturated heterocycles. The largest absolute Gasteiger partial charge is 0.330 e. The Balaban J connectivity index is 2.32. The summed E-state index contributed by atoms with van der Waals surface area (Å²) < 4.78 is 13.0. The van der Waals surface area contributed by atoms with Crippen molar-refractivity contribution >= 4 is 11.5 Å². The molecule has 0 fully saturated rings. The van der Waals surface area contributed by atoms with Crippen LogP contribution < -0.4 is 10.6 Å². The van der Waals surface area contributed by atoms with E-state index in [1.54, 1.807) is 18.3 Å². The maximum absolute atomic E-state index is 13.0. The van der Waals surface area contributed by atoms with Crippen molar-refractivity contribution in [1.29, 1.82) is 0 Å². The molecule has 0 aliphatic rings. The van der Waals surface area contributed by atoms with E-state index in [1.807, 2.05) is 17.9 Å². The molecule has 0 saturated carbocycles. The van der Waals surface area contributed by atoms with Gasteiger partial charge < -0.3 is 10.6 Å². The van der Waals surface area contributed by atoms with E-state index in [1.165, 1.54) is 12.1 Å². The van der Waals surface area contributed by atoms with Crippen LogP contribution in [0.5, 0.6) is 0 Å². The summed E-state index contributed by atoms with van der Waals surface area (Å²) >= 11 is 0. The van der Waals surface area contributed by atoms with Gasteiger partial charge in [-0.1, -0.05) is 0 Å². The number of benzene rings is 1. The molecule has 0 atom stereocenters. The number of nitrogens with zero attached hydrogens (tertiary/aromatic N) is 3. The van der Waals surface area contributed by atoms with Crippen molar-refractivity contribution in [1.82, 2.24) is 9.97 Å². The van der Waals surface area contributed by atoms with Crippen molar-refractivity contribution in [3.8, 4) is 0 Å². The van der Waals surface area contributed by atoms with Crippen molar-refractivity contribution in [3.63, 3.8) is 0 Å². The van der Waals surface area contributed by atoms with Gasteiger partial charge in [-0.05, 0) is 50.2 Å². The topological polar surface area (TPSA) is 55.0 Å². The highest BCUT2D eigenvalue weighted by molar-refractivity contribution is 5.59. The summed E-state index contributed by atoms with van der Waals surface area (Å²) in [6.45, 7) is 3.18. The van der Waals surface area contributed by atoms with Crippen molar-refractivity contribution < 1.29 is 4.39 Å². The maximum Gasteiger partial charge on any atom is 0.136 e. The Morgan fingerprint density at radius 1 is 1.21 bits per heavy atom. The lowest BCUT2D eigenvalue weighted by molar-refractivity contribution is 0.627. The third-order valence-corrected chi connectivity index (χ3v) is 2.76. The van der Waals surface area contributed by atoms with Gasteiger partial charge in [0.2, 0.25) is 0 Å². The number of anilines is 2. The van der Waals surface area contributed by atoms with Crippen LogP contribution in [0.3, 0.4) is 0 Å². The lowest BCUT2D eigenvalue weighted by Crippen LogP contribution is -2.22. The second-order valence-corrected chi connectivity index (χ2v) is 4.23. The number of hydrogen-bond acceptors (Lipinski definition) is 4. The summed E-state index contributed by atoms with van der Waals surface area (Å²) in [6.07, 6.45) is 2.55. The highest BCUT2D eigenvalue weighted by Crippen LogP contribution is 2.23. The molecule has 0 bridgehead atoms. The number of rotatable bonds is 5. The highest BCUT2D eigenvalue weighted by atomic mass is 19.1. The van der Waals surface area contributed by atoms with Gasteiger partial charge in [0, 0.05) is 18.4 Å². The van der Waals surface area contributed by atoms with Gasteiger partial charge in [-0.25, -0.2) is 14.4 Å². The Morgan fingerprint density at radius 2 is 1.95 bits per heavy atom. The van der Waals surface area contributed by atoms with Gasteiger partial charge in [-0.2, -0.15) is 0 Å². The molecule has 5 heteroatoms. The zero-order valence-electron chi connectivity index (χ0n) is 10.9. The van der Waals surface area contributed by atoms with Crippen molar-refractivity contribution in [3.05, 3.63) is 48.2 Å². The SMILES string of the molecule is Cc1nccc(N(CCCN)c2ccc(F)cc2)n1. The van der Waals surface area contributed by atoms with Crippen LogP contribution in [-0.2, 0) is 0 Å². The fourth-order valence-corrected chi connectivity index (χ4v) is 1.84. The number of aromatic nitrogens is 2. The Kier molecular flexibility index (Phi) is 4.41. The summed E-state index contributed by atoms with van der Waals surface area (Å²) in [5.74, 6) is 1.26. The second kappa shape index (κ2) is 6.24. The molecule has 0 aliphatic heterocycles. The van der Waals surface area contributed by atoms with Crippen molar-refractivity contribution in [2.24, 2.45) is 5.73 Å². The van der Waals surface area contributed by atoms with Crippen LogP contribution in [0.4, 0.5) is 15.9 Å². The number of nitrogens with two attached hydrogens (primary N) is 1. The number of hydrogen-bond donors (Lipinski definition) is 1.